The molecule has 0 aliphatic rings. The van der Waals surface area contributed by atoms with Gasteiger partial charge >= 0.3 is 5.97 Å². The second-order valence-electron chi connectivity index (χ2n) is 7.43. The highest BCUT2D eigenvalue weighted by molar-refractivity contribution is 6.05. The molecule has 1 aromatic carbocycles. The van der Waals surface area contributed by atoms with Gasteiger partial charge in [-0.3, -0.25) is 9.78 Å². The summed E-state index contributed by atoms with van der Waals surface area (Å²) in [5.74, 6) is 0.635. The Bertz CT molecular complexity index is 1170. The first-order valence-corrected chi connectivity index (χ1v) is 10.3. The van der Waals surface area contributed by atoms with E-state index in [1.54, 1.807) is 0 Å². The number of benzene rings is 1. The Kier molecular flexibility index (Phi) is 6.21. The lowest BCUT2D eigenvalue weighted by Gasteiger charge is -2.08. The number of aliphatic carboxylic acids is 1. The van der Waals surface area contributed by atoms with E-state index in [-0.39, 0.29) is 6.42 Å². The maximum absolute atomic E-state index is 10.7. The van der Waals surface area contributed by atoms with Crippen LogP contribution < -0.4 is 5.32 Å². The van der Waals surface area contributed by atoms with Crippen LogP contribution in [0.25, 0.3) is 33.7 Å². The minimum atomic E-state index is -0.757. The molecule has 0 spiro atoms. The monoisotopic (exact) mass is 416 g/mol. The lowest BCUT2D eigenvalue weighted by molar-refractivity contribution is -0.137. The fourth-order valence-electron chi connectivity index (χ4n) is 3.51. The summed E-state index contributed by atoms with van der Waals surface area (Å²) in [6, 6.07) is 13.9. The number of pyridine rings is 1. The van der Waals surface area contributed by atoms with Crippen LogP contribution in [0.2, 0.25) is 0 Å². The molecule has 0 unspecified atom stereocenters. The van der Waals surface area contributed by atoms with Crippen LogP contribution in [0.15, 0.2) is 59.4 Å². The Balaban J connectivity index is 1.70. The molecule has 0 saturated heterocycles. The van der Waals surface area contributed by atoms with Gasteiger partial charge in [-0.1, -0.05) is 42.8 Å². The van der Waals surface area contributed by atoms with Crippen LogP contribution in [0.5, 0.6) is 0 Å². The molecule has 4 aromatic rings. The number of anilines is 1. The molecule has 7 nitrogen and oxygen atoms in total. The second kappa shape index (κ2) is 9.38. The summed E-state index contributed by atoms with van der Waals surface area (Å²) < 4.78 is 6.19. The number of hydrogen-bond donors (Lipinski definition) is 2. The third kappa shape index (κ3) is 4.71. The maximum Gasteiger partial charge on any atom is 0.303 e. The van der Waals surface area contributed by atoms with Crippen molar-refractivity contribution >= 4 is 22.9 Å². The van der Waals surface area contributed by atoms with E-state index in [1.165, 1.54) is 6.33 Å². The minimum absolute atomic E-state index is 0.198. The van der Waals surface area contributed by atoms with E-state index in [2.05, 4.69) is 20.3 Å². The highest BCUT2D eigenvalue weighted by Crippen LogP contribution is 2.41. The van der Waals surface area contributed by atoms with Gasteiger partial charge in [0.05, 0.1) is 16.6 Å². The molecular formula is C24H24N4O3. The molecule has 4 rings (SSSR count). The average Bonchev–Trinajstić information content (AvgIpc) is 3.17. The summed E-state index contributed by atoms with van der Waals surface area (Å²) in [7, 11) is 0. The Morgan fingerprint density at radius 1 is 1.03 bits per heavy atom. The Morgan fingerprint density at radius 2 is 1.87 bits per heavy atom. The number of furan rings is 1. The molecule has 2 N–H and O–H groups in total. The number of nitrogens with zero attached hydrogens (tertiary/aromatic N) is 3. The lowest BCUT2D eigenvalue weighted by atomic mass is 10.0. The highest BCUT2D eigenvalue weighted by Gasteiger charge is 2.22. The second-order valence-corrected chi connectivity index (χ2v) is 7.43. The van der Waals surface area contributed by atoms with Crippen molar-refractivity contribution in [2.45, 2.75) is 32.6 Å². The van der Waals surface area contributed by atoms with Gasteiger partial charge in [0.25, 0.3) is 0 Å². The number of aromatic nitrogens is 3. The van der Waals surface area contributed by atoms with Crippen molar-refractivity contribution in [2.24, 2.45) is 0 Å². The van der Waals surface area contributed by atoms with Crippen LogP contribution in [-0.4, -0.2) is 32.6 Å². The molecule has 158 valence electrons. The quantitative estimate of drug-likeness (QED) is 0.356. The number of unbranched alkanes of at least 4 members (excludes halogenated alkanes) is 2. The van der Waals surface area contributed by atoms with Gasteiger partial charge in [0, 0.05) is 24.7 Å². The Morgan fingerprint density at radius 3 is 2.61 bits per heavy atom. The zero-order chi connectivity index (χ0) is 21.6. The molecule has 7 heteroatoms. The van der Waals surface area contributed by atoms with Crippen LogP contribution in [0.3, 0.4) is 0 Å². The van der Waals surface area contributed by atoms with Gasteiger partial charge in [-0.25, -0.2) is 9.97 Å². The molecule has 3 heterocycles. The molecule has 0 aliphatic heterocycles. The molecule has 0 bridgehead atoms. The van der Waals surface area contributed by atoms with E-state index >= 15 is 0 Å². The van der Waals surface area contributed by atoms with Gasteiger partial charge in [0.2, 0.25) is 5.71 Å². The number of aryl methyl sites for hydroxylation is 1. The first-order chi connectivity index (χ1) is 15.1. The standard InChI is InChI=1S/C24H24N4O3/c1-16-11-12-18(26-14-16)20-21-23(25-13-7-3-6-10-19(29)30)27-15-28-24(21)31-22(20)17-8-4-2-5-9-17/h2,4-5,8-9,11-12,14-15H,3,6-7,10,13H2,1H3,(H,29,30)(H,25,27,28). The first-order valence-electron chi connectivity index (χ1n) is 10.3. The summed E-state index contributed by atoms with van der Waals surface area (Å²) in [6.45, 7) is 2.68. The topological polar surface area (TPSA) is 101 Å². The van der Waals surface area contributed by atoms with Crippen LogP contribution >= 0.6 is 0 Å². The number of carbonyl (C=O) groups is 1. The summed E-state index contributed by atoms with van der Waals surface area (Å²) in [5.41, 5.74) is 4.17. The maximum atomic E-state index is 10.7. The molecule has 31 heavy (non-hydrogen) atoms. The molecule has 0 radical (unpaired) electrons. The number of hydrogen-bond acceptors (Lipinski definition) is 6. The van der Waals surface area contributed by atoms with Crippen LogP contribution in [-0.2, 0) is 4.79 Å². The molecule has 0 saturated carbocycles. The largest absolute Gasteiger partial charge is 0.481 e. The summed E-state index contributed by atoms with van der Waals surface area (Å²) in [4.78, 5) is 24.1. The van der Waals surface area contributed by atoms with E-state index in [1.807, 2.05) is 55.6 Å². The SMILES string of the molecule is Cc1ccc(-c2c(-c3ccccc3)oc3ncnc(NCCCCCC(=O)O)c23)nc1. The van der Waals surface area contributed by atoms with Gasteiger partial charge in [-0.2, -0.15) is 0 Å². The van der Waals surface area contributed by atoms with E-state index < -0.39 is 5.97 Å². The van der Waals surface area contributed by atoms with Gasteiger partial charge in [0.15, 0.2) is 0 Å². The number of rotatable bonds is 9. The van der Waals surface area contributed by atoms with Crippen molar-refractivity contribution in [3.63, 3.8) is 0 Å². The van der Waals surface area contributed by atoms with Crippen LogP contribution in [0, 0.1) is 6.92 Å². The van der Waals surface area contributed by atoms with E-state index in [4.69, 9.17) is 9.52 Å². The van der Waals surface area contributed by atoms with Gasteiger partial charge in [-0.15, -0.1) is 0 Å². The molecule has 3 aromatic heterocycles. The number of fused-ring (bicyclic) bond motifs is 1. The first kappa shape index (κ1) is 20.5. The van der Waals surface area contributed by atoms with Crippen molar-refractivity contribution in [1.82, 2.24) is 15.0 Å². The van der Waals surface area contributed by atoms with Crippen molar-refractivity contribution in [3.05, 3.63) is 60.6 Å². The predicted molar refractivity (Wildman–Crippen MR) is 120 cm³/mol. The van der Waals surface area contributed by atoms with Crippen molar-refractivity contribution < 1.29 is 14.3 Å². The average molecular weight is 416 g/mol. The van der Waals surface area contributed by atoms with Gasteiger partial charge in [0.1, 0.15) is 17.9 Å². The number of carboxylic acids is 1. The normalized spacial score (nSPS) is 11.0. The molecule has 0 fully saturated rings. The fourth-order valence-corrected chi connectivity index (χ4v) is 3.51. The highest BCUT2D eigenvalue weighted by atomic mass is 16.4. The third-order valence-corrected chi connectivity index (χ3v) is 5.05. The van der Waals surface area contributed by atoms with E-state index in [0.717, 1.165) is 40.6 Å². The van der Waals surface area contributed by atoms with Crippen LogP contribution in [0.4, 0.5) is 5.82 Å². The minimum Gasteiger partial charge on any atom is -0.481 e. The number of nitrogens with one attached hydrogen (secondary N) is 1. The summed E-state index contributed by atoms with van der Waals surface area (Å²) in [5, 5.41) is 12.9. The Labute approximate surface area is 180 Å². The van der Waals surface area contributed by atoms with Crippen molar-refractivity contribution in [1.29, 1.82) is 0 Å². The van der Waals surface area contributed by atoms with Gasteiger partial charge in [-0.05, 0) is 31.4 Å². The lowest BCUT2D eigenvalue weighted by Crippen LogP contribution is -2.05. The number of carboxylic acid groups (broad SMARTS) is 1. The fraction of sp³-hybridized carbons (Fsp3) is 0.250. The zero-order valence-corrected chi connectivity index (χ0v) is 17.3. The van der Waals surface area contributed by atoms with E-state index in [0.29, 0.717) is 30.3 Å². The molecule has 0 amide bonds. The summed E-state index contributed by atoms with van der Waals surface area (Å²) >= 11 is 0. The molecule has 0 aliphatic carbocycles. The summed E-state index contributed by atoms with van der Waals surface area (Å²) in [6.07, 6.45) is 5.87. The molecule has 0 atom stereocenters. The van der Waals surface area contributed by atoms with Crippen molar-refractivity contribution in [3.8, 4) is 22.6 Å². The van der Waals surface area contributed by atoms with E-state index in [9.17, 15) is 4.79 Å². The Hall–Kier alpha value is -3.74. The van der Waals surface area contributed by atoms with Crippen molar-refractivity contribution in [2.75, 3.05) is 11.9 Å². The molecular weight excluding hydrogens is 392 g/mol. The smallest absolute Gasteiger partial charge is 0.303 e. The zero-order valence-electron chi connectivity index (χ0n) is 17.3. The predicted octanol–water partition coefficient (Wildman–Crippen LogP) is 5.32. The van der Waals surface area contributed by atoms with Crippen LogP contribution in [0.1, 0.15) is 31.2 Å². The third-order valence-electron chi connectivity index (χ3n) is 5.05. The van der Waals surface area contributed by atoms with Gasteiger partial charge < -0.3 is 14.8 Å².